The molecule has 3 heterocycles. The van der Waals surface area contributed by atoms with Gasteiger partial charge in [-0.05, 0) is 30.3 Å². The lowest BCUT2D eigenvalue weighted by Gasteiger charge is -2.38. The minimum Gasteiger partial charge on any atom is -0.497 e. The van der Waals surface area contributed by atoms with E-state index in [9.17, 15) is 9.90 Å². The van der Waals surface area contributed by atoms with Gasteiger partial charge in [-0.2, -0.15) is 0 Å². The normalized spacial score (nSPS) is 16.4. The van der Waals surface area contributed by atoms with Crippen LogP contribution in [0, 0.1) is 0 Å². The van der Waals surface area contributed by atoms with E-state index in [2.05, 4.69) is 14.9 Å². The van der Waals surface area contributed by atoms with Crippen LogP contribution in [0.15, 0.2) is 48.8 Å². The van der Waals surface area contributed by atoms with Crippen molar-refractivity contribution in [1.82, 2.24) is 14.9 Å². The molecule has 4 rings (SSSR count). The summed E-state index contributed by atoms with van der Waals surface area (Å²) in [5.41, 5.74) is 1.67. The fourth-order valence-corrected chi connectivity index (χ4v) is 3.71. The number of aromatic amines is 1. The number of nitrogens with one attached hydrogen (secondary N) is 1. The molecule has 1 fully saturated rings. The smallest absolute Gasteiger partial charge is 0.325 e. The highest BCUT2D eigenvalue weighted by molar-refractivity contribution is 5.90. The molecule has 2 N–H and O–H groups in total. The summed E-state index contributed by atoms with van der Waals surface area (Å²) < 4.78 is 5.31. The van der Waals surface area contributed by atoms with E-state index in [-0.39, 0.29) is 0 Å². The molecule has 0 bridgehead atoms. The second-order valence-electron chi connectivity index (χ2n) is 6.61. The van der Waals surface area contributed by atoms with Crippen LogP contribution < -0.4 is 9.64 Å². The zero-order valence-electron chi connectivity index (χ0n) is 15.1. The van der Waals surface area contributed by atoms with Crippen LogP contribution in [0.3, 0.4) is 0 Å². The number of rotatable bonds is 5. The van der Waals surface area contributed by atoms with Gasteiger partial charge >= 0.3 is 5.97 Å². The highest BCUT2D eigenvalue weighted by Crippen LogP contribution is 2.32. The number of piperazine rings is 1. The number of pyridine rings is 1. The van der Waals surface area contributed by atoms with E-state index in [1.165, 1.54) is 0 Å². The van der Waals surface area contributed by atoms with Gasteiger partial charge in [-0.25, -0.2) is 4.98 Å². The maximum Gasteiger partial charge on any atom is 0.325 e. The van der Waals surface area contributed by atoms with Crippen molar-refractivity contribution in [2.45, 2.75) is 6.04 Å². The molecule has 0 saturated carbocycles. The Morgan fingerprint density at radius 2 is 2.04 bits per heavy atom. The Labute approximate surface area is 157 Å². The van der Waals surface area contributed by atoms with Crippen molar-refractivity contribution in [2.24, 2.45) is 0 Å². The van der Waals surface area contributed by atoms with Crippen LogP contribution in [0.4, 0.5) is 5.82 Å². The Balaban J connectivity index is 1.58. The van der Waals surface area contributed by atoms with Crippen molar-refractivity contribution in [2.75, 3.05) is 38.2 Å². The first-order valence-corrected chi connectivity index (χ1v) is 8.95. The van der Waals surface area contributed by atoms with Crippen LogP contribution in [0.1, 0.15) is 11.6 Å². The van der Waals surface area contributed by atoms with Crippen LogP contribution in [-0.4, -0.2) is 59.2 Å². The van der Waals surface area contributed by atoms with Crippen LogP contribution in [0.5, 0.6) is 5.75 Å². The number of anilines is 1. The van der Waals surface area contributed by atoms with E-state index in [1.54, 1.807) is 19.5 Å². The zero-order chi connectivity index (χ0) is 18.8. The molecule has 1 aliphatic heterocycles. The molecule has 0 aliphatic carbocycles. The van der Waals surface area contributed by atoms with Crippen molar-refractivity contribution in [1.29, 1.82) is 0 Å². The summed E-state index contributed by atoms with van der Waals surface area (Å²) in [4.78, 5) is 23.9. The number of carbonyl (C=O) groups is 1. The lowest BCUT2D eigenvalue weighted by molar-refractivity contribution is -0.143. The van der Waals surface area contributed by atoms with Crippen molar-refractivity contribution in [3.8, 4) is 5.75 Å². The minimum atomic E-state index is -0.843. The second-order valence-corrected chi connectivity index (χ2v) is 6.61. The molecule has 0 spiro atoms. The fourth-order valence-electron chi connectivity index (χ4n) is 3.71. The van der Waals surface area contributed by atoms with E-state index in [4.69, 9.17) is 4.74 Å². The number of carboxylic acids is 1. The first-order chi connectivity index (χ1) is 13.2. The summed E-state index contributed by atoms with van der Waals surface area (Å²) in [7, 11) is 1.61. The number of aliphatic carboxylic acids is 1. The minimum absolute atomic E-state index is 0.657. The number of hydrogen-bond acceptors (Lipinski definition) is 5. The number of hydrogen-bond donors (Lipinski definition) is 2. The topological polar surface area (TPSA) is 81.7 Å². The molecule has 1 aromatic carbocycles. The first-order valence-electron chi connectivity index (χ1n) is 8.95. The molecule has 140 valence electrons. The SMILES string of the molecule is COc1ccc2[nH]cc([C@@H](C(=O)O)N3CCN(c4ccccn4)CC3)c2c1. The van der Waals surface area contributed by atoms with E-state index >= 15 is 0 Å². The van der Waals surface area contributed by atoms with Crippen molar-refractivity contribution in [3.63, 3.8) is 0 Å². The number of carboxylic acid groups (broad SMARTS) is 1. The predicted molar refractivity (Wildman–Crippen MR) is 103 cm³/mol. The Morgan fingerprint density at radius 1 is 1.22 bits per heavy atom. The highest BCUT2D eigenvalue weighted by atomic mass is 16.5. The Morgan fingerprint density at radius 3 is 2.70 bits per heavy atom. The van der Waals surface area contributed by atoms with E-state index < -0.39 is 12.0 Å². The van der Waals surface area contributed by atoms with Gasteiger partial charge in [-0.15, -0.1) is 0 Å². The van der Waals surface area contributed by atoms with Crippen LogP contribution in [0.25, 0.3) is 10.9 Å². The van der Waals surface area contributed by atoms with Crippen LogP contribution in [0.2, 0.25) is 0 Å². The molecule has 3 aromatic rings. The third-order valence-electron chi connectivity index (χ3n) is 5.10. The standard InChI is InChI=1S/C20H22N4O3/c1-27-14-5-6-17-15(12-14)16(13-22-17)19(20(25)26)24-10-8-23(9-11-24)18-4-2-3-7-21-18/h2-7,12-13,19,22H,8-11H2,1H3,(H,25,26)/t19-/m0/s1. The monoisotopic (exact) mass is 366 g/mol. The molecule has 1 saturated heterocycles. The number of H-pyrrole nitrogens is 1. The van der Waals surface area contributed by atoms with Crippen molar-refractivity contribution >= 4 is 22.7 Å². The lowest BCUT2D eigenvalue weighted by atomic mass is 10.0. The number of aromatic nitrogens is 2. The summed E-state index contributed by atoms with van der Waals surface area (Å²) in [6.45, 7) is 2.80. The van der Waals surface area contributed by atoms with Gasteiger partial charge in [0.15, 0.2) is 0 Å². The summed E-state index contributed by atoms with van der Waals surface area (Å²) in [5.74, 6) is 0.804. The Hall–Kier alpha value is -3.06. The van der Waals surface area contributed by atoms with Gasteiger partial charge in [-0.3, -0.25) is 9.69 Å². The van der Waals surface area contributed by atoms with Crippen molar-refractivity contribution < 1.29 is 14.6 Å². The van der Waals surface area contributed by atoms with Gasteiger partial charge < -0.3 is 19.7 Å². The molecule has 27 heavy (non-hydrogen) atoms. The van der Waals surface area contributed by atoms with Crippen molar-refractivity contribution in [3.05, 3.63) is 54.4 Å². The molecule has 7 nitrogen and oxygen atoms in total. The summed E-state index contributed by atoms with van der Waals surface area (Å²) in [5, 5.41) is 10.8. The second kappa shape index (κ2) is 7.28. The number of nitrogens with zero attached hydrogens (tertiary/aromatic N) is 3. The van der Waals surface area contributed by atoms with Gasteiger partial charge in [0, 0.05) is 55.0 Å². The Kier molecular flexibility index (Phi) is 4.68. The fraction of sp³-hybridized carbons (Fsp3) is 0.300. The third-order valence-corrected chi connectivity index (χ3v) is 5.10. The number of benzene rings is 1. The average molecular weight is 366 g/mol. The maximum absolute atomic E-state index is 12.1. The predicted octanol–water partition coefficient (Wildman–Crippen LogP) is 2.52. The zero-order valence-corrected chi connectivity index (χ0v) is 15.1. The summed E-state index contributed by atoms with van der Waals surface area (Å²) in [6.07, 6.45) is 3.58. The molecular weight excluding hydrogens is 344 g/mol. The van der Waals surface area contributed by atoms with Gasteiger partial charge in [0.1, 0.15) is 17.6 Å². The molecule has 1 aliphatic rings. The first kappa shape index (κ1) is 17.4. The van der Waals surface area contributed by atoms with Crippen LogP contribution in [-0.2, 0) is 4.79 Å². The van der Waals surface area contributed by atoms with Gasteiger partial charge in [0.05, 0.1) is 7.11 Å². The Bertz CT molecular complexity index is 933. The molecular formula is C20H22N4O3. The van der Waals surface area contributed by atoms with E-state index in [0.717, 1.165) is 35.4 Å². The molecule has 2 aromatic heterocycles. The lowest BCUT2D eigenvalue weighted by Crippen LogP contribution is -2.49. The number of ether oxygens (including phenoxy) is 1. The molecule has 7 heteroatoms. The van der Waals surface area contributed by atoms with E-state index in [0.29, 0.717) is 18.8 Å². The van der Waals surface area contributed by atoms with Crippen LogP contribution >= 0.6 is 0 Å². The van der Waals surface area contributed by atoms with E-state index in [1.807, 2.05) is 41.3 Å². The number of methoxy groups -OCH3 is 1. The van der Waals surface area contributed by atoms with Gasteiger partial charge in [0.25, 0.3) is 0 Å². The quantitative estimate of drug-likeness (QED) is 0.722. The largest absolute Gasteiger partial charge is 0.497 e. The third kappa shape index (κ3) is 3.33. The summed E-state index contributed by atoms with van der Waals surface area (Å²) in [6, 6.07) is 10.8. The van der Waals surface area contributed by atoms with Gasteiger partial charge in [0.2, 0.25) is 0 Å². The molecule has 0 radical (unpaired) electrons. The van der Waals surface area contributed by atoms with Gasteiger partial charge in [-0.1, -0.05) is 6.07 Å². The molecule has 0 amide bonds. The summed E-state index contributed by atoms with van der Waals surface area (Å²) >= 11 is 0. The molecule has 0 unspecified atom stereocenters. The molecule has 1 atom stereocenters. The average Bonchev–Trinajstić information content (AvgIpc) is 3.12. The number of fused-ring (bicyclic) bond motifs is 1. The maximum atomic E-state index is 12.1. The highest BCUT2D eigenvalue weighted by Gasteiger charge is 2.32.